The molecule has 0 aromatic carbocycles. The van der Waals surface area contributed by atoms with Crippen molar-refractivity contribution < 1.29 is 4.74 Å². The minimum Gasteiger partial charge on any atom is -0.374 e. The minimum absolute atomic E-state index is 0.219. The lowest BCUT2D eigenvalue weighted by atomic mass is 9.86. The van der Waals surface area contributed by atoms with Crippen molar-refractivity contribution in [3.05, 3.63) is 0 Å². The first-order chi connectivity index (χ1) is 5.60. The fourth-order valence-electron chi connectivity index (χ4n) is 0.811. The van der Waals surface area contributed by atoms with E-state index in [1.165, 1.54) is 0 Å². The Morgan fingerprint density at radius 2 is 2.25 bits per heavy atom. The highest BCUT2D eigenvalue weighted by molar-refractivity contribution is 7.99. The number of nitriles is 1. The van der Waals surface area contributed by atoms with Crippen LogP contribution in [0, 0.1) is 16.7 Å². The number of rotatable bonds is 5. The lowest BCUT2D eigenvalue weighted by Gasteiger charge is -2.26. The molecule has 2 nitrogen and oxygen atoms in total. The number of methoxy groups -OCH3 is 1. The molecule has 2 atom stereocenters. The predicted octanol–water partition coefficient (Wildman–Crippen LogP) is 2.65. The Labute approximate surface area is 79.3 Å². The monoisotopic (exact) mass is 187 g/mol. The van der Waals surface area contributed by atoms with Crippen molar-refractivity contribution in [3.8, 4) is 6.07 Å². The molecule has 0 aliphatic carbocycles. The molecule has 0 aromatic heterocycles. The summed E-state index contributed by atoms with van der Waals surface area (Å²) in [5.41, 5.74) is -0.219. The molecule has 0 bridgehead atoms. The summed E-state index contributed by atoms with van der Waals surface area (Å²) in [5, 5.41) is 9.28. The van der Waals surface area contributed by atoms with Crippen molar-refractivity contribution in [2.24, 2.45) is 5.41 Å². The number of hydrogen-bond acceptors (Lipinski definition) is 3. The molecule has 0 N–H and O–H groups in total. The van der Waals surface area contributed by atoms with E-state index in [4.69, 9.17) is 10.00 Å². The second-order valence-corrected chi connectivity index (χ2v) is 4.37. The van der Waals surface area contributed by atoms with Gasteiger partial charge in [-0.3, -0.25) is 0 Å². The maximum Gasteiger partial charge on any atom is 0.0920 e. The smallest absolute Gasteiger partial charge is 0.0920 e. The van der Waals surface area contributed by atoms with Gasteiger partial charge < -0.3 is 4.74 Å². The third-order valence-electron chi connectivity index (χ3n) is 2.32. The van der Waals surface area contributed by atoms with E-state index in [1.807, 2.05) is 13.8 Å². The SMILES string of the molecule is CCC(C)(C#N)[C@@H](C)SCOC. The van der Waals surface area contributed by atoms with E-state index in [-0.39, 0.29) is 5.41 Å². The number of nitrogens with zero attached hydrogens (tertiary/aromatic N) is 1. The average Bonchev–Trinajstić information content (AvgIpc) is 2.12. The third kappa shape index (κ3) is 3.04. The van der Waals surface area contributed by atoms with Crippen molar-refractivity contribution in [2.45, 2.75) is 32.4 Å². The van der Waals surface area contributed by atoms with E-state index in [9.17, 15) is 0 Å². The highest BCUT2D eigenvalue weighted by Crippen LogP contribution is 2.33. The van der Waals surface area contributed by atoms with Gasteiger partial charge in [0.1, 0.15) is 0 Å². The third-order valence-corrected chi connectivity index (χ3v) is 3.72. The van der Waals surface area contributed by atoms with Crippen LogP contribution in [0.3, 0.4) is 0 Å². The van der Waals surface area contributed by atoms with Gasteiger partial charge in [0.25, 0.3) is 0 Å². The second kappa shape index (κ2) is 5.45. The number of thioether (sulfide) groups is 1. The van der Waals surface area contributed by atoms with Gasteiger partial charge in [-0.25, -0.2) is 0 Å². The van der Waals surface area contributed by atoms with Crippen LogP contribution >= 0.6 is 11.8 Å². The highest BCUT2D eigenvalue weighted by Gasteiger charge is 2.29. The van der Waals surface area contributed by atoms with E-state index in [0.717, 1.165) is 6.42 Å². The molecule has 0 fully saturated rings. The standard InChI is InChI=1S/C9H17NOS/c1-5-9(3,6-10)8(2)12-7-11-4/h8H,5,7H2,1-4H3/t8-,9?/m1/s1. The van der Waals surface area contributed by atoms with Gasteiger partial charge in [-0.1, -0.05) is 13.8 Å². The fraction of sp³-hybridized carbons (Fsp3) is 0.889. The van der Waals surface area contributed by atoms with Crippen LogP contribution in [0.4, 0.5) is 0 Å². The Kier molecular flexibility index (Phi) is 5.36. The Hall–Kier alpha value is -0.200. The molecule has 1 unspecified atom stereocenters. The van der Waals surface area contributed by atoms with Gasteiger partial charge in [0, 0.05) is 12.4 Å². The summed E-state index contributed by atoms with van der Waals surface area (Å²) in [6.45, 7) is 6.13. The van der Waals surface area contributed by atoms with Gasteiger partial charge in [0.2, 0.25) is 0 Å². The molecular weight excluding hydrogens is 170 g/mol. The summed E-state index contributed by atoms with van der Waals surface area (Å²) in [6.07, 6.45) is 0.890. The van der Waals surface area contributed by atoms with Crippen LogP contribution in [0.1, 0.15) is 27.2 Å². The first kappa shape index (κ1) is 11.8. The molecule has 3 heteroatoms. The van der Waals surface area contributed by atoms with Crippen molar-refractivity contribution in [2.75, 3.05) is 13.0 Å². The quantitative estimate of drug-likeness (QED) is 0.620. The lowest BCUT2D eigenvalue weighted by molar-refractivity contribution is 0.257. The minimum atomic E-state index is -0.219. The molecule has 0 amide bonds. The van der Waals surface area contributed by atoms with Crippen LogP contribution in [0.25, 0.3) is 0 Å². The molecule has 0 saturated heterocycles. The number of hydrogen-bond donors (Lipinski definition) is 0. The molecular formula is C9H17NOS. The Balaban J connectivity index is 4.05. The highest BCUT2D eigenvalue weighted by atomic mass is 32.2. The van der Waals surface area contributed by atoms with Crippen molar-refractivity contribution in [1.82, 2.24) is 0 Å². The zero-order chi connectivity index (χ0) is 9.61. The van der Waals surface area contributed by atoms with Gasteiger partial charge in [0.15, 0.2) is 0 Å². The molecule has 0 heterocycles. The Morgan fingerprint density at radius 3 is 2.58 bits per heavy atom. The van der Waals surface area contributed by atoms with Crippen LogP contribution in [0.15, 0.2) is 0 Å². The van der Waals surface area contributed by atoms with Crippen LogP contribution in [-0.4, -0.2) is 18.3 Å². The van der Waals surface area contributed by atoms with Crippen LogP contribution in [0.5, 0.6) is 0 Å². The van der Waals surface area contributed by atoms with Gasteiger partial charge in [-0.15, -0.1) is 11.8 Å². The molecule has 0 spiro atoms. The van der Waals surface area contributed by atoms with E-state index in [0.29, 0.717) is 11.2 Å². The van der Waals surface area contributed by atoms with Gasteiger partial charge in [-0.2, -0.15) is 5.26 Å². The Morgan fingerprint density at radius 1 is 1.67 bits per heavy atom. The van der Waals surface area contributed by atoms with Gasteiger partial charge in [0.05, 0.1) is 17.4 Å². The molecule has 70 valence electrons. The first-order valence-corrected chi connectivity index (χ1v) is 5.17. The van der Waals surface area contributed by atoms with Crippen molar-refractivity contribution in [3.63, 3.8) is 0 Å². The normalized spacial score (nSPS) is 17.9. The predicted molar refractivity (Wildman–Crippen MR) is 52.9 cm³/mol. The van der Waals surface area contributed by atoms with Crippen molar-refractivity contribution in [1.29, 1.82) is 5.26 Å². The van der Waals surface area contributed by atoms with Crippen LogP contribution < -0.4 is 0 Å². The van der Waals surface area contributed by atoms with E-state index >= 15 is 0 Å². The molecule has 0 aromatic rings. The summed E-state index contributed by atoms with van der Waals surface area (Å²) >= 11 is 1.69. The fourth-order valence-corrected chi connectivity index (χ4v) is 1.74. The van der Waals surface area contributed by atoms with Crippen molar-refractivity contribution >= 4 is 11.8 Å². The molecule has 0 aliphatic heterocycles. The van der Waals surface area contributed by atoms with E-state index < -0.39 is 0 Å². The van der Waals surface area contributed by atoms with E-state index in [2.05, 4.69) is 13.0 Å². The molecule has 0 saturated carbocycles. The zero-order valence-corrected chi connectivity index (χ0v) is 9.07. The summed E-state index contributed by atoms with van der Waals surface area (Å²) in [6, 6.07) is 2.36. The van der Waals surface area contributed by atoms with Gasteiger partial charge >= 0.3 is 0 Å². The summed E-state index contributed by atoms with van der Waals surface area (Å²) in [7, 11) is 1.68. The second-order valence-electron chi connectivity index (χ2n) is 3.10. The Bertz CT molecular complexity index is 166. The summed E-state index contributed by atoms with van der Waals surface area (Å²) < 4.78 is 4.95. The average molecular weight is 187 g/mol. The van der Waals surface area contributed by atoms with Crippen LogP contribution in [-0.2, 0) is 4.74 Å². The maximum atomic E-state index is 8.95. The zero-order valence-electron chi connectivity index (χ0n) is 8.26. The molecule has 0 rings (SSSR count). The van der Waals surface area contributed by atoms with E-state index in [1.54, 1.807) is 18.9 Å². The number of ether oxygens (including phenoxy) is 1. The first-order valence-electron chi connectivity index (χ1n) is 4.12. The summed E-state index contributed by atoms with van der Waals surface area (Å²) in [4.78, 5) is 0. The largest absolute Gasteiger partial charge is 0.374 e. The topological polar surface area (TPSA) is 33.0 Å². The maximum absolute atomic E-state index is 8.95. The van der Waals surface area contributed by atoms with Crippen LogP contribution in [0.2, 0.25) is 0 Å². The van der Waals surface area contributed by atoms with Gasteiger partial charge in [-0.05, 0) is 13.3 Å². The summed E-state index contributed by atoms with van der Waals surface area (Å²) in [5.74, 6) is 0.665. The molecule has 0 radical (unpaired) electrons. The molecule has 0 aliphatic rings. The molecule has 12 heavy (non-hydrogen) atoms. The lowest BCUT2D eigenvalue weighted by Crippen LogP contribution is -2.25.